The monoisotopic (exact) mass is 158 g/mol. The zero-order valence-corrected chi connectivity index (χ0v) is 7.47. The lowest BCUT2D eigenvalue weighted by molar-refractivity contribution is -0.122. The van der Waals surface area contributed by atoms with E-state index in [2.05, 4.69) is 6.92 Å². The minimum atomic E-state index is -0.320. The van der Waals surface area contributed by atoms with Crippen molar-refractivity contribution in [2.24, 2.45) is 0 Å². The molecule has 1 aliphatic rings. The van der Waals surface area contributed by atoms with Gasteiger partial charge in [-0.25, -0.2) is 0 Å². The second-order valence-electron chi connectivity index (χ2n) is 3.55. The summed E-state index contributed by atoms with van der Waals surface area (Å²) in [7, 11) is 0. The highest BCUT2D eigenvalue weighted by Gasteiger charge is 2.36. The summed E-state index contributed by atoms with van der Waals surface area (Å²) in [5.74, 6) is 0. The first-order valence-electron chi connectivity index (χ1n) is 4.50. The second kappa shape index (κ2) is 3.55. The van der Waals surface area contributed by atoms with Crippen molar-refractivity contribution in [3.8, 4) is 0 Å². The summed E-state index contributed by atoms with van der Waals surface area (Å²) in [6.45, 7) is 4.41. The third kappa shape index (κ3) is 2.17. The minimum Gasteiger partial charge on any atom is -0.391 e. The molecule has 0 radical (unpaired) electrons. The van der Waals surface area contributed by atoms with E-state index in [1.807, 2.05) is 0 Å². The average molecular weight is 158 g/mol. The van der Waals surface area contributed by atoms with Crippen molar-refractivity contribution in [2.75, 3.05) is 6.61 Å². The zero-order valence-electron chi connectivity index (χ0n) is 7.47. The molecule has 0 amide bonds. The highest BCUT2D eigenvalue weighted by Crippen LogP contribution is 2.38. The van der Waals surface area contributed by atoms with Crippen molar-refractivity contribution in [1.29, 1.82) is 0 Å². The molecule has 0 aromatic carbocycles. The van der Waals surface area contributed by atoms with E-state index in [1.54, 1.807) is 6.92 Å². The largest absolute Gasteiger partial charge is 0.391 e. The topological polar surface area (TPSA) is 29.5 Å². The Morgan fingerprint density at radius 2 is 2.18 bits per heavy atom. The lowest BCUT2D eigenvalue weighted by Crippen LogP contribution is -2.41. The lowest BCUT2D eigenvalue weighted by Gasteiger charge is -2.41. The minimum absolute atomic E-state index is 0.136. The van der Waals surface area contributed by atoms with Crippen molar-refractivity contribution >= 4 is 0 Å². The molecule has 1 rings (SSSR count). The lowest BCUT2D eigenvalue weighted by atomic mass is 9.78. The molecule has 2 nitrogen and oxygen atoms in total. The second-order valence-corrected chi connectivity index (χ2v) is 3.55. The Bertz CT molecular complexity index is 111. The van der Waals surface area contributed by atoms with E-state index in [0.717, 1.165) is 6.42 Å². The van der Waals surface area contributed by atoms with E-state index in [4.69, 9.17) is 9.84 Å². The molecule has 0 saturated heterocycles. The van der Waals surface area contributed by atoms with Gasteiger partial charge >= 0.3 is 0 Å². The number of hydrogen-bond acceptors (Lipinski definition) is 2. The van der Waals surface area contributed by atoms with Gasteiger partial charge in [-0.2, -0.15) is 0 Å². The van der Waals surface area contributed by atoms with Crippen LogP contribution in [0, 0.1) is 0 Å². The predicted octanol–water partition coefficient (Wildman–Crippen LogP) is 1.72. The number of rotatable bonds is 4. The molecule has 0 bridgehead atoms. The van der Waals surface area contributed by atoms with Crippen LogP contribution >= 0.6 is 0 Å². The summed E-state index contributed by atoms with van der Waals surface area (Å²) in [5, 5.41) is 9.01. The number of hydrogen-bond donors (Lipinski definition) is 1. The summed E-state index contributed by atoms with van der Waals surface area (Å²) < 4.78 is 5.63. The molecule has 0 spiro atoms. The summed E-state index contributed by atoms with van der Waals surface area (Å²) in [6.07, 6.45) is 4.40. The molecule has 0 aliphatic heterocycles. The quantitative estimate of drug-likeness (QED) is 0.675. The SMILES string of the molecule is CCC1(OCC(C)O)CCC1. The molecule has 11 heavy (non-hydrogen) atoms. The Morgan fingerprint density at radius 3 is 2.45 bits per heavy atom. The fourth-order valence-corrected chi connectivity index (χ4v) is 1.47. The van der Waals surface area contributed by atoms with Crippen LogP contribution in [-0.2, 0) is 4.74 Å². The highest BCUT2D eigenvalue weighted by molar-refractivity contribution is 4.88. The van der Waals surface area contributed by atoms with Crippen LogP contribution in [0.3, 0.4) is 0 Å². The van der Waals surface area contributed by atoms with E-state index in [9.17, 15) is 0 Å². The Kier molecular flexibility index (Phi) is 2.90. The van der Waals surface area contributed by atoms with Gasteiger partial charge in [0.1, 0.15) is 0 Å². The van der Waals surface area contributed by atoms with Crippen molar-refractivity contribution in [2.45, 2.75) is 51.2 Å². The van der Waals surface area contributed by atoms with Gasteiger partial charge in [0, 0.05) is 0 Å². The van der Waals surface area contributed by atoms with E-state index in [0.29, 0.717) is 6.61 Å². The van der Waals surface area contributed by atoms with Crippen LogP contribution in [-0.4, -0.2) is 23.4 Å². The van der Waals surface area contributed by atoms with Gasteiger partial charge in [-0.05, 0) is 32.6 Å². The van der Waals surface area contributed by atoms with Crippen LogP contribution in [0.5, 0.6) is 0 Å². The zero-order chi connectivity index (χ0) is 8.32. The molecule has 66 valence electrons. The molecule has 1 N–H and O–H groups in total. The summed E-state index contributed by atoms with van der Waals surface area (Å²) >= 11 is 0. The van der Waals surface area contributed by atoms with Crippen molar-refractivity contribution in [3.05, 3.63) is 0 Å². The molecule has 1 saturated carbocycles. The van der Waals surface area contributed by atoms with Crippen LogP contribution in [0.2, 0.25) is 0 Å². The van der Waals surface area contributed by atoms with E-state index < -0.39 is 0 Å². The third-order valence-electron chi connectivity index (χ3n) is 2.54. The standard InChI is InChI=1S/C9H18O2/c1-3-9(5-4-6-9)11-7-8(2)10/h8,10H,3-7H2,1-2H3. The van der Waals surface area contributed by atoms with Crippen LogP contribution < -0.4 is 0 Å². The van der Waals surface area contributed by atoms with Gasteiger partial charge in [-0.3, -0.25) is 0 Å². The molecule has 0 heterocycles. The molecular weight excluding hydrogens is 140 g/mol. The van der Waals surface area contributed by atoms with Crippen LogP contribution in [0.1, 0.15) is 39.5 Å². The molecule has 0 aromatic rings. The van der Waals surface area contributed by atoms with Gasteiger partial charge in [0.2, 0.25) is 0 Å². The van der Waals surface area contributed by atoms with Crippen LogP contribution in [0.4, 0.5) is 0 Å². The fourth-order valence-electron chi connectivity index (χ4n) is 1.47. The van der Waals surface area contributed by atoms with Crippen molar-refractivity contribution in [3.63, 3.8) is 0 Å². The maximum Gasteiger partial charge on any atom is 0.0745 e. The molecule has 1 fully saturated rings. The number of aliphatic hydroxyl groups is 1. The van der Waals surface area contributed by atoms with Gasteiger partial charge < -0.3 is 9.84 Å². The highest BCUT2D eigenvalue weighted by atomic mass is 16.5. The first-order chi connectivity index (χ1) is 5.18. The Morgan fingerprint density at radius 1 is 1.55 bits per heavy atom. The van der Waals surface area contributed by atoms with E-state index >= 15 is 0 Å². The molecule has 1 unspecified atom stereocenters. The normalized spacial score (nSPS) is 24.3. The Labute approximate surface area is 68.6 Å². The molecule has 1 aliphatic carbocycles. The predicted molar refractivity (Wildman–Crippen MR) is 44.5 cm³/mol. The average Bonchev–Trinajstić information content (AvgIpc) is 1.86. The molecule has 2 heteroatoms. The van der Waals surface area contributed by atoms with Gasteiger partial charge in [0.05, 0.1) is 18.3 Å². The Hall–Kier alpha value is -0.0800. The van der Waals surface area contributed by atoms with E-state index in [-0.39, 0.29) is 11.7 Å². The third-order valence-corrected chi connectivity index (χ3v) is 2.54. The van der Waals surface area contributed by atoms with Gasteiger partial charge in [-0.15, -0.1) is 0 Å². The number of aliphatic hydroxyl groups excluding tert-OH is 1. The van der Waals surface area contributed by atoms with Gasteiger partial charge in [0.15, 0.2) is 0 Å². The van der Waals surface area contributed by atoms with Gasteiger partial charge in [-0.1, -0.05) is 6.92 Å². The maximum absolute atomic E-state index is 9.01. The molecule has 0 aromatic heterocycles. The smallest absolute Gasteiger partial charge is 0.0745 e. The first kappa shape index (κ1) is 9.01. The van der Waals surface area contributed by atoms with Crippen LogP contribution in [0.25, 0.3) is 0 Å². The Balaban J connectivity index is 2.22. The van der Waals surface area contributed by atoms with E-state index in [1.165, 1.54) is 19.3 Å². The molecular formula is C9H18O2. The van der Waals surface area contributed by atoms with Gasteiger partial charge in [0.25, 0.3) is 0 Å². The number of ether oxygens (including phenoxy) is 1. The fraction of sp³-hybridized carbons (Fsp3) is 1.00. The first-order valence-corrected chi connectivity index (χ1v) is 4.50. The maximum atomic E-state index is 9.01. The van der Waals surface area contributed by atoms with Crippen LogP contribution in [0.15, 0.2) is 0 Å². The van der Waals surface area contributed by atoms with Crippen molar-refractivity contribution < 1.29 is 9.84 Å². The summed E-state index contributed by atoms with van der Waals surface area (Å²) in [4.78, 5) is 0. The summed E-state index contributed by atoms with van der Waals surface area (Å²) in [6, 6.07) is 0. The molecule has 1 atom stereocenters. The summed E-state index contributed by atoms with van der Waals surface area (Å²) in [5.41, 5.74) is 0.136. The van der Waals surface area contributed by atoms with Crippen molar-refractivity contribution in [1.82, 2.24) is 0 Å².